The molecule has 0 radical (unpaired) electrons. The number of aryl methyl sites for hydroxylation is 1. The number of carbonyl (C=O) groups is 3. The molecule has 4 amide bonds. The van der Waals surface area contributed by atoms with Gasteiger partial charge < -0.3 is 10.6 Å². The Labute approximate surface area is 188 Å². The van der Waals surface area contributed by atoms with Gasteiger partial charge in [-0.3, -0.25) is 19.4 Å². The number of hydrogen-bond donors (Lipinski definition) is 2. The molecule has 2 heterocycles. The summed E-state index contributed by atoms with van der Waals surface area (Å²) in [5.74, 6) is -0.784. The minimum Gasteiger partial charge on any atom is -0.350 e. The van der Waals surface area contributed by atoms with Crippen LogP contribution in [0.4, 0.5) is 4.79 Å². The third-order valence-corrected chi connectivity index (χ3v) is 6.39. The summed E-state index contributed by atoms with van der Waals surface area (Å²) in [5.41, 5.74) is 2.83. The number of nitrogens with zero attached hydrogens (tertiary/aromatic N) is 2. The molecule has 168 valence electrons. The zero-order valence-corrected chi connectivity index (χ0v) is 18.7. The molecule has 0 aliphatic carbocycles. The Morgan fingerprint density at radius 2 is 1.69 bits per heavy atom. The molecule has 4 rings (SSSR count). The van der Waals surface area contributed by atoms with Crippen LogP contribution in [0.15, 0.2) is 48.5 Å². The highest BCUT2D eigenvalue weighted by molar-refractivity contribution is 6.09. The summed E-state index contributed by atoms with van der Waals surface area (Å²) in [7, 11) is 0. The van der Waals surface area contributed by atoms with Gasteiger partial charge in [0.25, 0.3) is 5.91 Å². The fourth-order valence-electron chi connectivity index (χ4n) is 4.38. The Bertz CT molecular complexity index is 1010. The summed E-state index contributed by atoms with van der Waals surface area (Å²) in [6.07, 6.45) is 2.46. The molecular weight excluding hydrogens is 404 g/mol. The van der Waals surface area contributed by atoms with Crippen molar-refractivity contribution in [3.8, 4) is 0 Å². The minimum absolute atomic E-state index is 0.305. The molecule has 7 heteroatoms. The smallest absolute Gasteiger partial charge is 0.325 e. The Kier molecular flexibility index (Phi) is 6.28. The molecule has 2 aromatic carbocycles. The van der Waals surface area contributed by atoms with Crippen molar-refractivity contribution in [2.45, 2.75) is 45.3 Å². The van der Waals surface area contributed by atoms with Gasteiger partial charge in [0.15, 0.2) is 0 Å². The van der Waals surface area contributed by atoms with Gasteiger partial charge in [0.1, 0.15) is 12.1 Å². The van der Waals surface area contributed by atoms with Crippen LogP contribution in [0.25, 0.3) is 0 Å². The number of hydrogen-bond acceptors (Lipinski definition) is 4. The minimum atomic E-state index is -1.17. The molecule has 2 N–H and O–H groups in total. The Hall–Kier alpha value is -3.19. The van der Waals surface area contributed by atoms with Crippen molar-refractivity contribution in [3.05, 3.63) is 70.8 Å². The van der Waals surface area contributed by atoms with Crippen molar-refractivity contribution < 1.29 is 14.4 Å². The molecule has 2 saturated heterocycles. The average Bonchev–Trinajstić information content (AvgIpc) is 3.36. The number of benzene rings is 2. The maximum absolute atomic E-state index is 13.0. The second-order valence-electron chi connectivity index (χ2n) is 8.84. The Balaban J connectivity index is 1.38. The summed E-state index contributed by atoms with van der Waals surface area (Å²) in [6.45, 7) is 6.76. The predicted octanol–water partition coefficient (Wildman–Crippen LogP) is 2.67. The van der Waals surface area contributed by atoms with E-state index in [9.17, 15) is 14.4 Å². The average molecular weight is 435 g/mol. The highest BCUT2D eigenvalue weighted by Gasteiger charge is 2.49. The SMILES string of the molecule is Cc1ccc(C2(C)NC(=O)N(CC(=O)NCc3ccccc3CN3CCCC3)C2=O)cc1. The van der Waals surface area contributed by atoms with Crippen molar-refractivity contribution in [2.75, 3.05) is 19.6 Å². The number of nitrogens with one attached hydrogen (secondary N) is 2. The van der Waals surface area contributed by atoms with E-state index in [1.54, 1.807) is 6.92 Å². The third kappa shape index (κ3) is 4.53. The van der Waals surface area contributed by atoms with Crippen LogP contribution in [-0.4, -0.2) is 47.3 Å². The number of likely N-dealkylation sites (tertiary alicyclic amines) is 1. The molecule has 2 fully saturated rings. The fourth-order valence-corrected chi connectivity index (χ4v) is 4.38. The summed E-state index contributed by atoms with van der Waals surface area (Å²) in [4.78, 5) is 41.6. The number of rotatable bonds is 7. The van der Waals surface area contributed by atoms with E-state index in [1.807, 2.05) is 49.4 Å². The first kappa shape index (κ1) is 22.0. The summed E-state index contributed by atoms with van der Waals surface area (Å²) in [6, 6.07) is 15.0. The van der Waals surface area contributed by atoms with Crippen LogP contribution in [0.3, 0.4) is 0 Å². The van der Waals surface area contributed by atoms with E-state index in [2.05, 4.69) is 21.6 Å². The normalized spacial score (nSPS) is 21.1. The molecule has 2 aromatic rings. The van der Waals surface area contributed by atoms with E-state index in [0.717, 1.165) is 35.7 Å². The van der Waals surface area contributed by atoms with E-state index >= 15 is 0 Å². The topological polar surface area (TPSA) is 81.8 Å². The van der Waals surface area contributed by atoms with Crippen LogP contribution in [0.2, 0.25) is 0 Å². The lowest BCUT2D eigenvalue weighted by Crippen LogP contribution is -2.43. The molecule has 7 nitrogen and oxygen atoms in total. The van der Waals surface area contributed by atoms with E-state index in [0.29, 0.717) is 12.1 Å². The van der Waals surface area contributed by atoms with Gasteiger partial charge in [-0.1, -0.05) is 54.1 Å². The van der Waals surface area contributed by atoms with Crippen molar-refractivity contribution in [3.63, 3.8) is 0 Å². The van der Waals surface area contributed by atoms with Crippen molar-refractivity contribution in [1.82, 2.24) is 20.4 Å². The van der Waals surface area contributed by atoms with Gasteiger partial charge in [0, 0.05) is 13.1 Å². The standard InChI is InChI=1S/C25H30N4O3/c1-18-9-11-21(12-10-18)25(2)23(31)29(24(32)27-25)17-22(30)26-15-19-7-3-4-8-20(19)16-28-13-5-6-14-28/h3-4,7-12H,5-6,13-17H2,1-2H3,(H,26,30)(H,27,32). The summed E-state index contributed by atoms with van der Waals surface area (Å²) >= 11 is 0. The van der Waals surface area contributed by atoms with E-state index in [1.165, 1.54) is 18.4 Å². The molecule has 0 aromatic heterocycles. The largest absolute Gasteiger partial charge is 0.350 e. The van der Waals surface area contributed by atoms with Crippen molar-refractivity contribution in [2.24, 2.45) is 0 Å². The molecular formula is C25H30N4O3. The molecule has 0 saturated carbocycles. The molecule has 2 aliphatic heterocycles. The zero-order chi connectivity index (χ0) is 22.7. The number of imide groups is 1. The molecule has 0 bridgehead atoms. The predicted molar refractivity (Wildman–Crippen MR) is 122 cm³/mol. The van der Waals surface area contributed by atoms with Crippen molar-refractivity contribution >= 4 is 17.8 Å². The zero-order valence-electron chi connectivity index (χ0n) is 18.7. The van der Waals surface area contributed by atoms with Gasteiger partial charge in [-0.2, -0.15) is 0 Å². The second-order valence-corrected chi connectivity index (χ2v) is 8.84. The molecule has 1 atom stereocenters. The Morgan fingerprint density at radius 1 is 1.03 bits per heavy atom. The second kappa shape index (κ2) is 9.12. The fraction of sp³-hybridized carbons (Fsp3) is 0.400. The lowest BCUT2D eigenvalue weighted by atomic mass is 9.91. The number of amides is 4. The third-order valence-electron chi connectivity index (χ3n) is 6.39. The summed E-state index contributed by atoms with van der Waals surface area (Å²) < 4.78 is 0. The van der Waals surface area contributed by atoms with Gasteiger partial charge >= 0.3 is 6.03 Å². The maximum Gasteiger partial charge on any atom is 0.325 e. The number of urea groups is 1. The van der Waals surface area contributed by atoms with Gasteiger partial charge in [-0.25, -0.2) is 4.79 Å². The van der Waals surface area contributed by atoms with Crippen LogP contribution < -0.4 is 10.6 Å². The maximum atomic E-state index is 13.0. The molecule has 2 aliphatic rings. The first-order valence-electron chi connectivity index (χ1n) is 11.1. The molecule has 0 spiro atoms. The van der Waals surface area contributed by atoms with Gasteiger partial charge in [0.2, 0.25) is 5.91 Å². The van der Waals surface area contributed by atoms with Crippen LogP contribution >= 0.6 is 0 Å². The summed E-state index contributed by atoms with van der Waals surface area (Å²) in [5, 5.41) is 5.62. The lowest BCUT2D eigenvalue weighted by Gasteiger charge is -2.22. The first-order chi connectivity index (χ1) is 15.4. The van der Waals surface area contributed by atoms with E-state index in [-0.39, 0.29) is 12.5 Å². The van der Waals surface area contributed by atoms with Gasteiger partial charge in [0.05, 0.1) is 0 Å². The van der Waals surface area contributed by atoms with Crippen LogP contribution in [0.1, 0.15) is 42.0 Å². The van der Waals surface area contributed by atoms with E-state index in [4.69, 9.17) is 0 Å². The van der Waals surface area contributed by atoms with Crippen molar-refractivity contribution in [1.29, 1.82) is 0 Å². The van der Waals surface area contributed by atoms with Gasteiger partial charge in [-0.05, 0) is 56.5 Å². The van der Waals surface area contributed by atoms with Crippen LogP contribution in [-0.2, 0) is 28.2 Å². The van der Waals surface area contributed by atoms with E-state index < -0.39 is 17.5 Å². The lowest BCUT2D eigenvalue weighted by molar-refractivity contribution is -0.134. The quantitative estimate of drug-likeness (QED) is 0.657. The highest BCUT2D eigenvalue weighted by atomic mass is 16.2. The van der Waals surface area contributed by atoms with Crippen LogP contribution in [0.5, 0.6) is 0 Å². The monoisotopic (exact) mass is 434 g/mol. The Morgan fingerprint density at radius 3 is 2.38 bits per heavy atom. The van der Waals surface area contributed by atoms with Crippen LogP contribution in [0, 0.1) is 6.92 Å². The molecule has 1 unspecified atom stereocenters. The highest BCUT2D eigenvalue weighted by Crippen LogP contribution is 2.28. The number of carbonyl (C=O) groups excluding carboxylic acids is 3. The first-order valence-corrected chi connectivity index (χ1v) is 11.1. The van der Waals surface area contributed by atoms with Gasteiger partial charge in [-0.15, -0.1) is 0 Å². The molecule has 32 heavy (non-hydrogen) atoms.